The molecule has 3 rings (SSSR count). The summed E-state index contributed by atoms with van der Waals surface area (Å²) in [6.45, 7) is 0.664. The van der Waals surface area contributed by atoms with Crippen LogP contribution in [0.4, 0.5) is 0 Å². The summed E-state index contributed by atoms with van der Waals surface area (Å²) in [6.07, 6.45) is 3.21. The van der Waals surface area contributed by atoms with E-state index in [1.807, 2.05) is 18.2 Å². The van der Waals surface area contributed by atoms with Gasteiger partial charge in [-0.3, -0.25) is 0 Å². The van der Waals surface area contributed by atoms with Crippen LogP contribution in [0, 0.1) is 0 Å². The molecule has 22 heavy (non-hydrogen) atoms. The van der Waals surface area contributed by atoms with Gasteiger partial charge in [0, 0.05) is 11.1 Å². The molecule has 0 amide bonds. The quantitative estimate of drug-likeness (QED) is 0.931. The Labute approximate surface area is 137 Å². The van der Waals surface area contributed by atoms with Gasteiger partial charge in [0.25, 0.3) is 0 Å². The van der Waals surface area contributed by atoms with Crippen LogP contribution in [-0.4, -0.2) is 19.8 Å². The molecular weight excluding hydrogens is 298 g/mol. The standard InChI is InChI=1S/C18H21NO2.ClH/c1-20-17-8-3-2-6-15(17)16-7-4-5-13-9-10-14(11-12-19)21-18(13)16;/h2-8,14H,9-12,19H2,1H3;1H/t14-;/m0./s1. The summed E-state index contributed by atoms with van der Waals surface area (Å²) >= 11 is 0. The van der Waals surface area contributed by atoms with E-state index < -0.39 is 0 Å². The van der Waals surface area contributed by atoms with Crippen LogP contribution in [0.1, 0.15) is 18.4 Å². The van der Waals surface area contributed by atoms with E-state index in [2.05, 4.69) is 24.3 Å². The molecule has 0 bridgehead atoms. The summed E-state index contributed by atoms with van der Waals surface area (Å²) < 4.78 is 11.7. The first-order chi connectivity index (χ1) is 10.3. The lowest BCUT2D eigenvalue weighted by Crippen LogP contribution is -2.25. The van der Waals surface area contributed by atoms with Crippen LogP contribution in [0.15, 0.2) is 42.5 Å². The zero-order valence-electron chi connectivity index (χ0n) is 12.7. The highest BCUT2D eigenvalue weighted by atomic mass is 35.5. The molecule has 0 unspecified atom stereocenters. The highest BCUT2D eigenvalue weighted by Gasteiger charge is 2.23. The predicted molar refractivity (Wildman–Crippen MR) is 92.1 cm³/mol. The Balaban J connectivity index is 0.00000176. The highest BCUT2D eigenvalue weighted by molar-refractivity contribution is 5.85. The van der Waals surface area contributed by atoms with Crippen LogP contribution in [0.5, 0.6) is 11.5 Å². The van der Waals surface area contributed by atoms with E-state index in [-0.39, 0.29) is 18.5 Å². The van der Waals surface area contributed by atoms with Crippen molar-refractivity contribution in [1.82, 2.24) is 0 Å². The Hall–Kier alpha value is -1.71. The lowest BCUT2D eigenvalue weighted by molar-refractivity contribution is 0.167. The molecule has 0 fully saturated rings. The molecule has 0 aliphatic carbocycles. The zero-order valence-corrected chi connectivity index (χ0v) is 13.6. The molecule has 0 radical (unpaired) electrons. The maximum atomic E-state index is 6.22. The lowest BCUT2D eigenvalue weighted by atomic mass is 9.94. The SMILES string of the molecule is COc1ccccc1-c1cccc2c1O[C@H](CCN)CC2.Cl. The minimum Gasteiger partial charge on any atom is -0.496 e. The Bertz CT molecular complexity index is 630. The maximum Gasteiger partial charge on any atom is 0.130 e. The van der Waals surface area contributed by atoms with Crippen molar-refractivity contribution in [2.45, 2.75) is 25.4 Å². The summed E-state index contributed by atoms with van der Waals surface area (Å²) in [5.41, 5.74) is 9.12. The summed E-state index contributed by atoms with van der Waals surface area (Å²) in [6, 6.07) is 14.4. The van der Waals surface area contributed by atoms with Crippen LogP contribution in [0.2, 0.25) is 0 Å². The number of methoxy groups -OCH3 is 1. The smallest absolute Gasteiger partial charge is 0.130 e. The normalized spacial score (nSPS) is 16.2. The van der Waals surface area contributed by atoms with E-state index in [9.17, 15) is 0 Å². The van der Waals surface area contributed by atoms with Crippen LogP contribution < -0.4 is 15.2 Å². The van der Waals surface area contributed by atoms with E-state index in [1.54, 1.807) is 7.11 Å². The number of para-hydroxylation sites is 2. The van der Waals surface area contributed by atoms with Crippen molar-refractivity contribution < 1.29 is 9.47 Å². The fourth-order valence-electron chi connectivity index (χ4n) is 2.93. The number of hydrogen-bond donors (Lipinski definition) is 1. The van der Waals surface area contributed by atoms with Gasteiger partial charge in [-0.2, -0.15) is 0 Å². The Morgan fingerprint density at radius 2 is 1.91 bits per heavy atom. The van der Waals surface area contributed by atoms with Crippen molar-refractivity contribution >= 4 is 12.4 Å². The third-order valence-corrected chi connectivity index (χ3v) is 4.00. The number of benzene rings is 2. The molecule has 1 aliphatic heterocycles. The summed E-state index contributed by atoms with van der Waals surface area (Å²) in [4.78, 5) is 0. The van der Waals surface area contributed by atoms with Gasteiger partial charge in [-0.05, 0) is 37.4 Å². The van der Waals surface area contributed by atoms with Crippen molar-refractivity contribution in [3.63, 3.8) is 0 Å². The molecule has 1 aliphatic rings. The molecule has 1 heterocycles. The third kappa shape index (κ3) is 3.21. The van der Waals surface area contributed by atoms with Crippen molar-refractivity contribution in [3.8, 4) is 22.6 Å². The van der Waals surface area contributed by atoms with Gasteiger partial charge in [0.05, 0.1) is 7.11 Å². The summed E-state index contributed by atoms with van der Waals surface area (Å²) in [5.74, 6) is 1.86. The van der Waals surface area contributed by atoms with Crippen molar-refractivity contribution in [3.05, 3.63) is 48.0 Å². The molecule has 0 saturated heterocycles. The second-order valence-electron chi connectivity index (χ2n) is 5.35. The topological polar surface area (TPSA) is 44.5 Å². The van der Waals surface area contributed by atoms with Crippen molar-refractivity contribution in [1.29, 1.82) is 0 Å². The molecule has 118 valence electrons. The second kappa shape index (κ2) is 7.52. The number of rotatable bonds is 4. The van der Waals surface area contributed by atoms with Gasteiger partial charge in [0.15, 0.2) is 0 Å². The van der Waals surface area contributed by atoms with E-state index in [0.29, 0.717) is 6.54 Å². The number of halogens is 1. The first kappa shape index (κ1) is 16.7. The number of fused-ring (bicyclic) bond motifs is 1. The fraction of sp³-hybridized carbons (Fsp3) is 0.333. The minimum absolute atomic E-state index is 0. The van der Waals surface area contributed by atoms with Crippen molar-refractivity contribution in [2.75, 3.05) is 13.7 Å². The number of aryl methyl sites for hydroxylation is 1. The highest BCUT2D eigenvalue weighted by Crippen LogP contribution is 2.41. The third-order valence-electron chi connectivity index (χ3n) is 4.00. The van der Waals surface area contributed by atoms with Crippen LogP contribution in [-0.2, 0) is 6.42 Å². The minimum atomic E-state index is 0. The van der Waals surface area contributed by atoms with Crippen molar-refractivity contribution in [2.24, 2.45) is 5.73 Å². The van der Waals surface area contributed by atoms with E-state index in [4.69, 9.17) is 15.2 Å². The van der Waals surface area contributed by atoms with Gasteiger partial charge in [-0.25, -0.2) is 0 Å². The van der Waals surface area contributed by atoms with Gasteiger partial charge in [0.2, 0.25) is 0 Å². The Morgan fingerprint density at radius 1 is 1.14 bits per heavy atom. The fourth-order valence-corrected chi connectivity index (χ4v) is 2.93. The first-order valence-corrected chi connectivity index (χ1v) is 7.45. The monoisotopic (exact) mass is 319 g/mol. The molecule has 0 spiro atoms. The largest absolute Gasteiger partial charge is 0.496 e. The van der Waals surface area contributed by atoms with Crippen LogP contribution in [0.3, 0.4) is 0 Å². The van der Waals surface area contributed by atoms with Crippen LogP contribution >= 0.6 is 12.4 Å². The van der Waals surface area contributed by atoms with E-state index >= 15 is 0 Å². The summed E-state index contributed by atoms with van der Waals surface area (Å²) in [5, 5.41) is 0. The van der Waals surface area contributed by atoms with Crippen LogP contribution in [0.25, 0.3) is 11.1 Å². The maximum absolute atomic E-state index is 6.22. The molecular formula is C18H22ClNO2. The van der Waals surface area contributed by atoms with Gasteiger partial charge >= 0.3 is 0 Å². The molecule has 0 aromatic heterocycles. The molecule has 2 aromatic rings. The zero-order chi connectivity index (χ0) is 14.7. The molecule has 3 nitrogen and oxygen atoms in total. The molecule has 2 N–H and O–H groups in total. The van der Waals surface area contributed by atoms with Gasteiger partial charge < -0.3 is 15.2 Å². The molecule has 4 heteroatoms. The Morgan fingerprint density at radius 3 is 2.68 bits per heavy atom. The summed E-state index contributed by atoms with van der Waals surface area (Å²) in [7, 11) is 1.70. The van der Waals surface area contributed by atoms with E-state index in [0.717, 1.165) is 41.9 Å². The van der Waals surface area contributed by atoms with Gasteiger partial charge in [0.1, 0.15) is 17.6 Å². The average Bonchev–Trinajstić information content (AvgIpc) is 2.54. The van der Waals surface area contributed by atoms with Gasteiger partial charge in [-0.1, -0.05) is 36.4 Å². The molecule has 2 aromatic carbocycles. The Kier molecular flexibility index (Phi) is 5.69. The average molecular weight is 320 g/mol. The first-order valence-electron chi connectivity index (χ1n) is 7.45. The van der Waals surface area contributed by atoms with E-state index in [1.165, 1.54) is 5.56 Å². The second-order valence-corrected chi connectivity index (χ2v) is 5.35. The lowest BCUT2D eigenvalue weighted by Gasteiger charge is -2.28. The van der Waals surface area contributed by atoms with Gasteiger partial charge in [-0.15, -0.1) is 12.4 Å². The number of ether oxygens (including phenoxy) is 2. The molecule has 0 saturated carbocycles. The number of hydrogen-bond acceptors (Lipinski definition) is 3. The number of nitrogens with two attached hydrogens (primary N) is 1. The molecule has 1 atom stereocenters. The predicted octanol–water partition coefficient (Wildman–Crippen LogP) is 3.83.